The number of esters is 1. The predicted molar refractivity (Wildman–Crippen MR) is 143 cm³/mol. The van der Waals surface area contributed by atoms with Crippen LogP contribution in [0.5, 0.6) is 5.75 Å². The first kappa shape index (κ1) is 34.1. The molecule has 0 aliphatic heterocycles. The molecule has 3 aromatic rings. The second kappa shape index (κ2) is 13.9. The minimum absolute atomic E-state index is 0.0626. The van der Waals surface area contributed by atoms with Crippen LogP contribution in [-0.2, 0) is 28.9 Å². The lowest BCUT2D eigenvalue weighted by molar-refractivity contribution is -0.109. The fourth-order valence-electron chi connectivity index (χ4n) is 3.19. The molecule has 228 valence electrons. The number of hydrogen-bond acceptors (Lipinski definition) is 10. The van der Waals surface area contributed by atoms with Gasteiger partial charge in [-0.15, -0.1) is 11.3 Å². The van der Waals surface area contributed by atoms with E-state index < -0.39 is 77.7 Å². The summed E-state index contributed by atoms with van der Waals surface area (Å²) in [5.74, 6) is -15.5. The van der Waals surface area contributed by atoms with E-state index in [9.17, 15) is 40.9 Å². The molecule has 2 aromatic carbocycles. The highest BCUT2D eigenvalue weighted by molar-refractivity contribution is 8.13. The van der Waals surface area contributed by atoms with Crippen molar-refractivity contribution in [1.29, 1.82) is 0 Å². The highest BCUT2D eigenvalue weighted by Gasteiger charge is 2.55. The number of rotatable bonds is 12. The van der Waals surface area contributed by atoms with Crippen molar-refractivity contribution in [1.82, 2.24) is 0 Å². The molecule has 0 atom stereocenters. The van der Waals surface area contributed by atoms with Crippen LogP contribution >= 0.6 is 42.5 Å². The van der Waals surface area contributed by atoms with Gasteiger partial charge in [0, 0.05) is 35.6 Å². The number of carbonyl (C=O) groups excluding carboxylic acids is 3. The Labute approximate surface area is 245 Å². The van der Waals surface area contributed by atoms with E-state index in [1.807, 2.05) is 0 Å². The molecule has 0 N–H and O–H groups in total. The van der Waals surface area contributed by atoms with Gasteiger partial charge in [-0.05, 0) is 23.6 Å². The lowest BCUT2D eigenvalue weighted by atomic mass is 10.1. The third-order valence-corrected chi connectivity index (χ3v) is 9.71. The van der Waals surface area contributed by atoms with Crippen molar-refractivity contribution in [2.75, 3.05) is 24.7 Å². The van der Waals surface area contributed by atoms with Gasteiger partial charge in [0.05, 0.1) is 13.2 Å². The minimum atomic E-state index is -5.28. The topological polar surface area (TPSA) is 96.0 Å². The van der Waals surface area contributed by atoms with Crippen molar-refractivity contribution < 1.29 is 63.5 Å². The standard InChI is InChI=1S/C24H18F7O7PS3/c1-11(32)40-7-5-36-39(35,37-6-8-41-12(2)33)24(30,31)14-3-4-15-13(9-14)10-16(42-15)23(34)38-22-20(28)18(26)17(25)19(27)21(22)29/h3-4,9-10H,5-8H2,1-2H3. The Bertz CT molecular complexity index is 1530. The summed E-state index contributed by atoms with van der Waals surface area (Å²) in [6, 6.07) is 3.73. The van der Waals surface area contributed by atoms with Crippen LogP contribution in [0.15, 0.2) is 24.3 Å². The maximum atomic E-state index is 15.6. The van der Waals surface area contributed by atoms with Crippen molar-refractivity contribution in [2.45, 2.75) is 19.5 Å². The molecule has 1 heterocycles. The number of thiophene rings is 1. The van der Waals surface area contributed by atoms with Gasteiger partial charge in [-0.2, -0.15) is 17.6 Å². The Kier molecular flexibility index (Phi) is 11.3. The highest BCUT2D eigenvalue weighted by Crippen LogP contribution is 2.67. The molecule has 0 unspecified atom stereocenters. The van der Waals surface area contributed by atoms with Crippen LogP contribution in [0.3, 0.4) is 0 Å². The van der Waals surface area contributed by atoms with Crippen LogP contribution in [0.1, 0.15) is 29.1 Å². The van der Waals surface area contributed by atoms with Crippen LogP contribution in [0.4, 0.5) is 30.7 Å². The van der Waals surface area contributed by atoms with E-state index in [0.717, 1.165) is 47.8 Å². The molecule has 0 radical (unpaired) electrons. The van der Waals surface area contributed by atoms with Crippen molar-refractivity contribution in [3.05, 3.63) is 63.8 Å². The van der Waals surface area contributed by atoms with E-state index in [1.165, 1.54) is 13.8 Å². The number of benzene rings is 2. The fraction of sp³-hybridized carbons (Fsp3) is 0.292. The number of hydrogen-bond donors (Lipinski definition) is 0. The molecule has 0 aliphatic carbocycles. The van der Waals surface area contributed by atoms with Crippen molar-refractivity contribution in [3.8, 4) is 5.75 Å². The van der Waals surface area contributed by atoms with Crippen LogP contribution in [-0.4, -0.2) is 40.9 Å². The summed E-state index contributed by atoms with van der Waals surface area (Å²) < 4.78 is 127. The van der Waals surface area contributed by atoms with Gasteiger partial charge in [-0.25, -0.2) is 18.0 Å². The van der Waals surface area contributed by atoms with E-state index in [1.54, 1.807) is 0 Å². The Hall–Kier alpha value is -2.43. The summed E-state index contributed by atoms with van der Waals surface area (Å²) in [6.07, 6.45) is 0. The molecule has 0 saturated carbocycles. The van der Waals surface area contributed by atoms with Gasteiger partial charge in [-0.3, -0.25) is 14.2 Å². The Morgan fingerprint density at radius 1 is 0.833 bits per heavy atom. The van der Waals surface area contributed by atoms with Gasteiger partial charge in [0.25, 0.3) is 0 Å². The second-order valence-corrected chi connectivity index (χ2v) is 13.7. The maximum Gasteiger partial charge on any atom is 0.404 e. The van der Waals surface area contributed by atoms with Crippen LogP contribution in [0.2, 0.25) is 0 Å². The summed E-state index contributed by atoms with van der Waals surface area (Å²) in [6.45, 7) is 1.37. The van der Waals surface area contributed by atoms with Crippen molar-refractivity contribution in [2.24, 2.45) is 0 Å². The molecular weight excluding hydrogens is 660 g/mol. The zero-order valence-electron chi connectivity index (χ0n) is 21.3. The smallest absolute Gasteiger partial charge is 0.404 e. The van der Waals surface area contributed by atoms with Gasteiger partial charge in [0.15, 0.2) is 10.2 Å². The Balaban J connectivity index is 1.90. The third kappa shape index (κ3) is 7.55. The number of carbonyl (C=O) groups is 3. The summed E-state index contributed by atoms with van der Waals surface area (Å²) in [4.78, 5) is 34.2. The zero-order chi connectivity index (χ0) is 31.4. The molecule has 0 saturated heterocycles. The summed E-state index contributed by atoms with van der Waals surface area (Å²) in [7, 11) is -5.28. The largest absolute Gasteiger partial charge is 0.416 e. The molecule has 0 fully saturated rings. The van der Waals surface area contributed by atoms with E-state index in [2.05, 4.69) is 4.74 Å². The van der Waals surface area contributed by atoms with Crippen molar-refractivity contribution in [3.63, 3.8) is 0 Å². The number of fused-ring (bicyclic) bond motifs is 1. The SMILES string of the molecule is CC(=O)SCCOP(=O)(OCCSC(C)=O)C(F)(F)c1ccc2sc(C(=O)Oc3c(F)c(F)c(F)c(F)c3F)cc2c1. The number of alkyl halides is 2. The molecule has 1 aromatic heterocycles. The lowest BCUT2D eigenvalue weighted by Gasteiger charge is -2.26. The van der Waals surface area contributed by atoms with E-state index in [0.29, 0.717) is 11.3 Å². The minimum Gasteiger partial charge on any atom is -0.416 e. The molecule has 0 aliphatic rings. The van der Waals surface area contributed by atoms with Crippen LogP contribution in [0.25, 0.3) is 10.1 Å². The maximum absolute atomic E-state index is 15.6. The average molecular weight is 679 g/mol. The first-order chi connectivity index (χ1) is 19.6. The van der Waals surface area contributed by atoms with Crippen molar-refractivity contribution >= 4 is 68.7 Å². The van der Waals surface area contributed by atoms with Gasteiger partial charge in [-0.1, -0.05) is 29.6 Å². The number of halogens is 7. The van der Waals surface area contributed by atoms with E-state index in [-0.39, 0.29) is 31.8 Å². The molecule has 7 nitrogen and oxygen atoms in total. The molecule has 18 heteroatoms. The quantitative estimate of drug-likeness (QED) is 0.0364. The Morgan fingerprint density at radius 2 is 1.33 bits per heavy atom. The van der Waals surface area contributed by atoms with Crippen LogP contribution in [0, 0.1) is 29.1 Å². The van der Waals surface area contributed by atoms with Gasteiger partial charge in [0.1, 0.15) is 4.88 Å². The lowest BCUT2D eigenvalue weighted by Crippen LogP contribution is -2.20. The van der Waals surface area contributed by atoms with Crippen LogP contribution < -0.4 is 4.74 Å². The average Bonchev–Trinajstić information content (AvgIpc) is 3.37. The normalized spacial score (nSPS) is 12.1. The molecular formula is C24H18F7O7PS3. The molecule has 3 rings (SSSR count). The fourth-order valence-corrected chi connectivity index (χ4v) is 6.78. The number of ether oxygens (including phenoxy) is 1. The van der Waals surface area contributed by atoms with Gasteiger partial charge >= 0.3 is 19.2 Å². The predicted octanol–water partition coefficient (Wildman–Crippen LogP) is 7.65. The summed E-state index contributed by atoms with van der Waals surface area (Å²) in [5, 5.41) is -0.736. The summed E-state index contributed by atoms with van der Waals surface area (Å²) >= 11 is 2.06. The third-order valence-electron chi connectivity index (χ3n) is 5.07. The first-order valence-corrected chi connectivity index (χ1v) is 15.7. The van der Waals surface area contributed by atoms with E-state index in [4.69, 9.17) is 9.05 Å². The van der Waals surface area contributed by atoms with Gasteiger partial charge < -0.3 is 13.8 Å². The monoisotopic (exact) mass is 678 g/mol. The van der Waals surface area contributed by atoms with E-state index >= 15 is 8.78 Å². The summed E-state index contributed by atoms with van der Waals surface area (Å²) in [5.41, 5.74) is -5.16. The Morgan fingerprint density at radius 3 is 1.83 bits per heavy atom. The highest BCUT2D eigenvalue weighted by atomic mass is 32.2. The first-order valence-electron chi connectivity index (χ1n) is 11.4. The van der Waals surface area contributed by atoms with Gasteiger partial charge in [0.2, 0.25) is 34.8 Å². The molecule has 0 bridgehead atoms. The molecule has 0 spiro atoms. The second-order valence-electron chi connectivity index (χ2n) is 8.04. The number of thioether (sulfide) groups is 2. The molecule has 0 amide bonds. The molecule has 42 heavy (non-hydrogen) atoms. The zero-order valence-corrected chi connectivity index (χ0v) is 24.7.